The average Bonchev–Trinajstić information content (AvgIpc) is 2.41. The van der Waals surface area contributed by atoms with Gasteiger partial charge in [0.15, 0.2) is 0 Å². The van der Waals surface area contributed by atoms with Crippen LogP contribution in [-0.4, -0.2) is 14.0 Å². The minimum atomic E-state index is -1.60. The quantitative estimate of drug-likeness (QED) is 0.415. The predicted molar refractivity (Wildman–Crippen MR) is 76.9 cm³/mol. The van der Waals surface area contributed by atoms with Gasteiger partial charge in [-0.15, -0.1) is 5.16 Å². The van der Waals surface area contributed by atoms with Gasteiger partial charge in [-0.3, -0.25) is 0 Å². The smallest absolute Gasteiger partial charge is 0.286 e. The summed E-state index contributed by atoms with van der Waals surface area (Å²) in [5.74, 6) is 0. The van der Waals surface area contributed by atoms with Crippen LogP contribution in [0.2, 0.25) is 18.1 Å². The molecule has 0 unspecified atom stereocenters. The van der Waals surface area contributed by atoms with Gasteiger partial charge in [0.05, 0.1) is 5.71 Å². The lowest BCUT2D eigenvalue weighted by atomic mass is 10.1. The van der Waals surface area contributed by atoms with E-state index in [1.807, 2.05) is 25.1 Å². The maximum atomic E-state index is 5.92. The molecule has 0 heterocycles. The minimum absolute atomic E-state index is 0.970. The van der Waals surface area contributed by atoms with E-state index in [4.69, 9.17) is 4.53 Å². The highest BCUT2D eigenvalue weighted by atomic mass is 28.4. The van der Waals surface area contributed by atoms with Crippen LogP contribution >= 0.6 is 0 Å². The van der Waals surface area contributed by atoms with Crippen LogP contribution in [0.4, 0.5) is 0 Å². The number of oxime groups is 1. The normalized spacial score (nSPS) is 12.6. The third kappa shape index (κ3) is 3.70. The van der Waals surface area contributed by atoms with Crippen LogP contribution < -0.4 is 0 Å². The average molecular weight is 249 g/mol. The number of hydrogen-bond acceptors (Lipinski definition) is 2. The molecule has 94 valence electrons. The Hall–Kier alpha value is -1.09. The van der Waals surface area contributed by atoms with Crippen LogP contribution in [-0.2, 0) is 4.53 Å². The first-order valence-corrected chi connectivity index (χ1v) is 8.98. The van der Waals surface area contributed by atoms with Crippen LogP contribution in [0.15, 0.2) is 35.5 Å². The highest BCUT2D eigenvalue weighted by Gasteiger charge is 2.31. The summed E-state index contributed by atoms with van der Waals surface area (Å²) in [5.41, 5.74) is 2.11. The zero-order chi connectivity index (χ0) is 12.7. The van der Waals surface area contributed by atoms with Crippen LogP contribution in [0, 0.1) is 0 Å². The molecule has 0 spiro atoms. The standard InChI is InChI=1S/C14H23NOSi/c1-5-17(6-2,7-3)16-15-13(4)14-11-9-8-10-12-14/h8-12H,5-7H2,1-4H3/b15-13+. The van der Waals surface area contributed by atoms with Crippen molar-refractivity contribution in [1.82, 2.24) is 0 Å². The van der Waals surface area contributed by atoms with E-state index >= 15 is 0 Å². The summed E-state index contributed by atoms with van der Waals surface area (Å²) in [6.07, 6.45) is 0. The van der Waals surface area contributed by atoms with Crippen molar-refractivity contribution in [2.45, 2.75) is 45.8 Å². The van der Waals surface area contributed by atoms with Crippen LogP contribution in [0.5, 0.6) is 0 Å². The van der Waals surface area contributed by atoms with Crippen molar-refractivity contribution in [1.29, 1.82) is 0 Å². The molecule has 0 bridgehead atoms. The molecule has 0 fully saturated rings. The monoisotopic (exact) mass is 249 g/mol. The predicted octanol–water partition coefficient (Wildman–Crippen LogP) is 4.43. The molecule has 0 aliphatic heterocycles. The van der Waals surface area contributed by atoms with Gasteiger partial charge >= 0.3 is 0 Å². The van der Waals surface area contributed by atoms with Gasteiger partial charge in [-0.05, 0) is 30.6 Å². The molecule has 0 saturated carbocycles. The molecule has 0 radical (unpaired) electrons. The third-order valence-electron chi connectivity index (χ3n) is 3.50. The Morgan fingerprint density at radius 2 is 1.59 bits per heavy atom. The van der Waals surface area contributed by atoms with Gasteiger partial charge in [0.1, 0.15) is 0 Å². The highest BCUT2D eigenvalue weighted by Crippen LogP contribution is 2.22. The molecule has 0 atom stereocenters. The van der Waals surface area contributed by atoms with E-state index in [-0.39, 0.29) is 0 Å². The number of rotatable bonds is 6. The van der Waals surface area contributed by atoms with E-state index < -0.39 is 8.32 Å². The van der Waals surface area contributed by atoms with E-state index in [9.17, 15) is 0 Å². The summed E-state index contributed by atoms with van der Waals surface area (Å²) in [6.45, 7) is 8.65. The van der Waals surface area contributed by atoms with Gasteiger partial charge in [-0.2, -0.15) is 0 Å². The van der Waals surface area contributed by atoms with E-state index in [0.29, 0.717) is 0 Å². The Morgan fingerprint density at radius 1 is 1.06 bits per heavy atom. The van der Waals surface area contributed by atoms with Crippen molar-refractivity contribution >= 4 is 14.0 Å². The molecule has 0 aliphatic carbocycles. The lowest BCUT2D eigenvalue weighted by Crippen LogP contribution is -2.34. The lowest BCUT2D eigenvalue weighted by molar-refractivity contribution is 0.321. The van der Waals surface area contributed by atoms with Gasteiger partial charge < -0.3 is 4.53 Å². The number of benzene rings is 1. The highest BCUT2D eigenvalue weighted by molar-refractivity contribution is 6.73. The first-order valence-electron chi connectivity index (χ1n) is 6.45. The zero-order valence-electron chi connectivity index (χ0n) is 11.4. The molecule has 1 aromatic rings. The van der Waals surface area contributed by atoms with E-state index in [1.165, 1.54) is 0 Å². The Labute approximate surface area is 106 Å². The topological polar surface area (TPSA) is 21.6 Å². The molecule has 1 rings (SSSR count). The molecule has 0 aromatic heterocycles. The molecule has 0 N–H and O–H groups in total. The van der Waals surface area contributed by atoms with Crippen molar-refractivity contribution in [3.63, 3.8) is 0 Å². The molecule has 0 aliphatic rings. The second-order valence-electron chi connectivity index (χ2n) is 4.38. The van der Waals surface area contributed by atoms with Crippen LogP contribution in [0.3, 0.4) is 0 Å². The van der Waals surface area contributed by atoms with Crippen molar-refractivity contribution in [2.75, 3.05) is 0 Å². The summed E-state index contributed by atoms with van der Waals surface area (Å²) < 4.78 is 5.92. The second-order valence-corrected chi connectivity index (χ2v) is 9.05. The fourth-order valence-electron chi connectivity index (χ4n) is 1.84. The van der Waals surface area contributed by atoms with E-state index in [2.05, 4.69) is 38.1 Å². The minimum Gasteiger partial charge on any atom is -0.455 e. The molecular formula is C14H23NOSi. The van der Waals surface area contributed by atoms with Crippen molar-refractivity contribution < 1.29 is 4.53 Å². The van der Waals surface area contributed by atoms with Crippen molar-refractivity contribution in [3.8, 4) is 0 Å². The van der Waals surface area contributed by atoms with Crippen LogP contribution in [0.1, 0.15) is 33.3 Å². The largest absolute Gasteiger partial charge is 0.455 e. The summed E-state index contributed by atoms with van der Waals surface area (Å²) >= 11 is 0. The molecule has 1 aromatic carbocycles. The molecular weight excluding hydrogens is 226 g/mol. The molecule has 0 amide bonds. The fourth-order valence-corrected chi connectivity index (χ4v) is 4.06. The SMILES string of the molecule is CC[Si](CC)(CC)O/N=C(\C)c1ccccc1. The van der Waals surface area contributed by atoms with Gasteiger partial charge in [-0.25, -0.2) is 0 Å². The Balaban J connectivity index is 2.77. The van der Waals surface area contributed by atoms with Crippen LogP contribution in [0.25, 0.3) is 0 Å². The Bertz CT molecular complexity index is 349. The van der Waals surface area contributed by atoms with Gasteiger partial charge in [0, 0.05) is 0 Å². The maximum Gasteiger partial charge on any atom is 0.286 e. The number of hydrogen-bond donors (Lipinski definition) is 0. The first kappa shape index (κ1) is 14.0. The summed E-state index contributed by atoms with van der Waals surface area (Å²) in [5, 5.41) is 4.36. The van der Waals surface area contributed by atoms with Gasteiger partial charge in [-0.1, -0.05) is 51.1 Å². The van der Waals surface area contributed by atoms with Gasteiger partial charge in [0.25, 0.3) is 8.32 Å². The van der Waals surface area contributed by atoms with Crippen molar-refractivity contribution in [2.24, 2.45) is 5.16 Å². The van der Waals surface area contributed by atoms with E-state index in [1.54, 1.807) is 0 Å². The molecule has 17 heavy (non-hydrogen) atoms. The Kier molecular flexibility index (Phi) is 5.42. The maximum absolute atomic E-state index is 5.92. The second kappa shape index (κ2) is 6.60. The van der Waals surface area contributed by atoms with Gasteiger partial charge in [0.2, 0.25) is 0 Å². The zero-order valence-corrected chi connectivity index (χ0v) is 12.4. The van der Waals surface area contributed by atoms with E-state index in [0.717, 1.165) is 29.4 Å². The first-order chi connectivity index (χ1) is 8.17. The molecule has 2 nitrogen and oxygen atoms in total. The summed E-state index contributed by atoms with van der Waals surface area (Å²) in [7, 11) is -1.60. The molecule has 3 heteroatoms. The Morgan fingerprint density at radius 3 is 2.06 bits per heavy atom. The fraction of sp³-hybridized carbons (Fsp3) is 0.500. The lowest BCUT2D eigenvalue weighted by Gasteiger charge is -2.24. The third-order valence-corrected chi connectivity index (χ3v) is 7.85. The summed E-state index contributed by atoms with van der Waals surface area (Å²) in [6, 6.07) is 13.6. The molecule has 0 saturated heterocycles. The van der Waals surface area contributed by atoms with Crippen molar-refractivity contribution in [3.05, 3.63) is 35.9 Å². The number of nitrogens with zero attached hydrogens (tertiary/aromatic N) is 1. The summed E-state index contributed by atoms with van der Waals surface area (Å²) in [4.78, 5) is 0.